The van der Waals surface area contributed by atoms with Crippen molar-refractivity contribution in [1.82, 2.24) is 30.4 Å². The van der Waals surface area contributed by atoms with Gasteiger partial charge in [0.1, 0.15) is 6.07 Å². The Morgan fingerprint density at radius 3 is 2.67 bits per heavy atom. The molecule has 3 aromatic heterocycles. The Balaban J connectivity index is 1.21. The van der Waals surface area contributed by atoms with Crippen molar-refractivity contribution in [3.05, 3.63) is 65.5 Å². The summed E-state index contributed by atoms with van der Waals surface area (Å²) in [5, 5.41) is 47.0. The van der Waals surface area contributed by atoms with Crippen LogP contribution in [-0.4, -0.2) is 54.3 Å². The Kier molecular flexibility index (Phi) is 6.77. The van der Waals surface area contributed by atoms with Crippen LogP contribution in [0.4, 0.5) is 0 Å². The highest BCUT2D eigenvalue weighted by Gasteiger charge is 2.45. The summed E-state index contributed by atoms with van der Waals surface area (Å²) in [7, 11) is 0. The molecule has 12 nitrogen and oxygen atoms in total. The van der Waals surface area contributed by atoms with Crippen LogP contribution in [0.2, 0.25) is 0 Å². The van der Waals surface area contributed by atoms with Gasteiger partial charge in [-0.25, -0.2) is 4.52 Å². The number of hydrogen-bond acceptors (Lipinski definition) is 10. The number of rotatable bonds is 7. The first-order valence-electron chi connectivity index (χ1n) is 13.5. The van der Waals surface area contributed by atoms with Crippen LogP contribution >= 0.6 is 0 Å². The van der Waals surface area contributed by atoms with Crippen LogP contribution in [0.25, 0.3) is 11.1 Å². The molecule has 0 spiro atoms. The van der Waals surface area contributed by atoms with E-state index in [1.54, 1.807) is 16.8 Å². The fraction of sp³-hybridized carbons (Fsp3) is 0.464. The maximum absolute atomic E-state index is 11.9. The predicted molar refractivity (Wildman–Crippen MR) is 141 cm³/mol. The zero-order valence-electron chi connectivity index (χ0n) is 22.2. The van der Waals surface area contributed by atoms with Crippen molar-refractivity contribution in [2.75, 3.05) is 0 Å². The van der Waals surface area contributed by atoms with E-state index in [-0.39, 0.29) is 29.8 Å². The fourth-order valence-corrected chi connectivity index (χ4v) is 6.25. The maximum Gasteiger partial charge on any atom is 0.276 e. The van der Waals surface area contributed by atoms with Crippen molar-refractivity contribution in [1.29, 1.82) is 5.26 Å². The number of carbonyl (C=O) groups excluding carboxylic acids is 1. The first-order chi connectivity index (χ1) is 19.3. The van der Waals surface area contributed by atoms with E-state index in [1.807, 2.05) is 32.1 Å². The third-order valence-electron chi connectivity index (χ3n) is 8.00. The van der Waals surface area contributed by atoms with Crippen molar-refractivity contribution in [2.24, 2.45) is 11.8 Å². The Labute approximate surface area is 230 Å². The van der Waals surface area contributed by atoms with E-state index in [4.69, 9.17) is 9.15 Å². The number of carbonyl (C=O) groups is 1. The molecule has 2 aliphatic carbocycles. The van der Waals surface area contributed by atoms with Crippen molar-refractivity contribution in [3.63, 3.8) is 0 Å². The van der Waals surface area contributed by atoms with Crippen LogP contribution in [0, 0.1) is 23.2 Å². The van der Waals surface area contributed by atoms with E-state index in [2.05, 4.69) is 32.0 Å². The predicted octanol–water partition coefficient (Wildman–Crippen LogP) is 2.28. The minimum atomic E-state index is -2.01. The second-order valence-corrected chi connectivity index (χ2v) is 11.0. The second kappa shape index (κ2) is 10.4. The first kappa shape index (κ1) is 26.0. The lowest BCUT2D eigenvalue weighted by Crippen LogP contribution is -2.48. The monoisotopic (exact) mass is 545 g/mol. The van der Waals surface area contributed by atoms with Crippen molar-refractivity contribution in [3.8, 4) is 6.07 Å². The van der Waals surface area contributed by atoms with Gasteiger partial charge in [-0.1, -0.05) is 0 Å². The standard InChI is InChI=1S/C28H31N7O5/c1-14(2)31-21-10-23(22-6-5-19-7-15(11-29)12-30-35(19)22)39-13-20(21)27-34-33-26(40-27)18-8-16-3-4-17(9-18)24(16)32-25(36)28(37)38/h5-7,10,12-14,16-18,23-24,28,31,37-38H,3-4,8-9H2,1-2H3,(H,32,36)/t16-,17+,18?,23?,24?. The number of aliphatic hydroxyl groups is 2. The average Bonchev–Trinajstić information content (AvgIpc) is 3.64. The van der Waals surface area contributed by atoms with Crippen molar-refractivity contribution in [2.45, 2.75) is 69.9 Å². The molecule has 6 rings (SSSR count). The van der Waals surface area contributed by atoms with E-state index < -0.39 is 18.3 Å². The molecule has 4 heterocycles. The summed E-state index contributed by atoms with van der Waals surface area (Å²) in [4.78, 5) is 11.9. The Hall–Kier alpha value is -4.21. The molecule has 0 aromatic carbocycles. The zero-order valence-corrected chi connectivity index (χ0v) is 22.2. The van der Waals surface area contributed by atoms with Gasteiger partial charge < -0.3 is 30.0 Å². The molecule has 40 heavy (non-hydrogen) atoms. The molecule has 3 unspecified atom stereocenters. The normalized spacial score (nSPS) is 25.9. The number of ether oxygens (including phenoxy) is 1. The molecule has 0 radical (unpaired) electrons. The molecule has 1 amide bonds. The molecule has 4 N–H and O–H groups in total. The lowest BCUT2D eigenvalue weighted by atomic mass is 9.77. The Morgan fingerprint density at radius 2 is 1.98 bits per heavy atom. The van der Waals surface area contributed by atoms with Gasteiger partial charge in [-0.05, 0) is 75.6 Å². The SMILES string of the molecule is CC(C)NC1=CC(c2ccc3cc(C#N)cnn23)OC=C1c1nnc(C2C[C@H]3CC[C@@H](C2)C3NC(=O)C(O)O)o1. The van der Waals surface area contributed by atoms with Crippen LogP contribution in [-0.2, 0) is 9.53 Å². The number of nitrogens with zero attached hydrogens (tertiary/aromatic N) is 5. The number of amides is 1. The largest absolute Gasteiger partial charge is 0.487 e. The summed E-state index contributed by atoms with van der Waals surface area (Å²) < 4.78 is 14.1. The van der Waals surface area contributed by atoms with E-state index in [1.165, 1.54) is 6.20 Å². The van der Waals surface area contributed by atoms with Gasteiger partial charge in [-0.15, -0.1) is 10.2 Å². The highest BCUT2D eigenvalue weighted by atomic mass is 16.5. The Morgan fingerprint density at radius 1 is 1.20 bits per heavy atom. The van der Waals surface area contributed by atoms with Gasteiger partial charge in [0.05, 0.1) is 40.5 Å². The van der Waals surface area contributed by atoms with Crippen LogP contribution in [0.1, 0.15) is 74.6 Å². The number of nitrogens with one attached hydrogen (secondary N) is 2. The number of allylic oxidation sites excluding steroid dienone is 1. The molecule has 2 fully saturated rings. The summed E-state index contributed by atoms with van der Waals surface area (Å²) in [6.07, 6.45) is 6.16. The van der Waals surface area contributed by atoms with Gasteiger partial charge >= 0.3 is 0 Å². The summed E-state index contributed by atoms with van der Waals surface area (Å²) in [5.74, 6) is 0.651. The van der Waals surface area contributed by atoms with E-state index in [9.17, 15) is 20.3 Å². The number of fused-ring (bicyclic) bond motifs is 3. The summed E-state index contributed by atoms with van der Waals surface area (Å²) in [6.45, 7) is 4.09. The maximum atomic E-state index is 11.9. The minimum absolute atomic E-state index is 0.0609. The summed E-state index contributed by atoms with van der Waals surface area (Å²) in [5.41, 5.74) is 3.57. The first-order valence-corrected chi connectivity index (χ1v) is 13.5. The molecule has 0 saturated heterocycles. The number of hydrogen-bond donors (Lipinski definition) is 4. The molecule has 3 aliphatic rings. The van der Waals surface area contributed by atoms with Crippen LogP contribution in [0.15, 0.2) is 46.8 Å². The Bertz CT molecular complexity index is 1520. The van der Waals surface area contributed by atoms with Crippen LogP contribution in [0.3, 0.4) is 0 Å². The molecule has 2 saturated carbocycles. The molecule has 12 heteroatoms. The second-order valence-electron chi connectivity index (χ2n) is 11.0. The van der Waals surface area contributed by atoms with Gasteiger partial charge in [0.25, 0.3) is 11.8 Å². The number of aromatic nitrogens is 4. The van der Waals surface area contributed by atoms with Gasteiger partial charge in [-0.3, -0.25) is 4.79 Å². The smallest absolute Gasteiger partial charge is 0.276 e. The van der Waals surface area contributed by atoms with Gasteiger partial charge in [0, 0.05) is 18.0 Å². The lowest BCUT2D eigenvalue weighted by molar-refractivity contribution is -0.149. The van der Waals surface area contributed by atoms with Crippen molar-refractivity contribution >= 4 is 17.0 Å². The van der Waals surface area contributed by atoms with E-state index in [0.717, 1.165) is 42.6 Å². The molecule has 1 aliphatic heterocycles. The third-order valence-corrected chi connectivity index (χ3v) is 8.00. The highest BCUT2D eigenvalue weighted by molar-refractivity contribution is 5.79. The lowest BCUT2D eigenvalue weighted by Gasteiger charge is -2.34. The summed E-state index contributed by atoms with van der Waals surface area (Å²) in [6, 6.07) is 7.78. The fourth-order valence-electron chi connectivity index (χ4n) is 6.25. The zero-order chi connectivity index (χ0) is 28.0. The van der Waals surface area contributed by atoms with Gasteiger partial charge in [0.15, 0.2) is 6.10 Å². The molecule has 3 aromatic rings. The summed E-state index contributed by atoms with van der Waals surface area (Å²) >= 11 is 0. The molecular weight excluding hydrogens is 514 g/mol. The van der Waals surface area contributed by atoms with E-state index >= 15 is 0 Å². The van der Waals surface area contributed by atoms with Crippen molar-refractivity contribution < 1.29 is 24.2 Å². The van der Waals surface area contributed by atoms with E-state index in [0.29, 0.717) is 22.9 Å². The van der Waals surface area contributed by atoms with Gasteiger partial charge in [0.2, 0.25) is 12.2 Å². The third kappa shape index (κ3) is 4.82. The minimum Gasteiger partial charge on any atom is -0.487 e. The molecule has 5 atom stereocenters. The van der Waals surface area contributed by atoms with Crippen LogP contribution < -0.4 is 10.6 Å². The topological polar surface area (TPSA) is 171 Å². The molecule has 208 valence electrons. The highest BCUT2D eigenvalue weighted by Crippen LogP contribution is 2.48. The van der Waals surface area contributed by atoms with Crippen LogP contribution in [0.5, 0.6) is 0 Å². The van der Waals surface area contributed by atoms with Gasteiger partial charge in [-0.2, -0.15) is 10.4 Å². The average molecular weight is 546 g/mol. The molecular formula is C28H31N7O5. The quantitative estimate of drug-likeness (QED) is 0.323. The number of nitriles is 1. The molecule has 2 bridgehead atoms. The number of aliphatic hydroxyl groups excluding tert-OH is 1.